The molecule has 0 heterocycles. The molecule has 0 amide bonds. The first-order valence-corrected chi connectivity index (χ1v) is 1.30. The molecule has 0 rings (SSSR count). The zero-order valence-electron chi connectivity index (χ0n) is 2.50. The maximum absolute atomic E-state index is 4.89. The Hall–Kier alpha value is 0.913. The van der Waals surface area contributed by atoms with Crippen LogP contribution in [0.4, 0.5) is 0 Å². The second-order valence-corrected chi connectivity index (χ2v) is 0.567. The summed E-state index contributed by atoms with van der Waals surface area (Å²) in [5.41, 5.74) is 0. The van der Waals surface area contributed by atoms with Crippen molar-refractivity contribution < 1.29 is 19.5 Å². The summed E-state index contributed by atoms with van der Waals surface area (Å²) >= 11 is 4.89. The van der Waals surface area contributed by atoms with Crippen LogP contribution in [-0.2, 0) is 19.5 Å². The zero-order valence-corrected chi connectivity index (χ0v) is 6.22. The second kappa shape index (κ2) is 9.07. The third-order valence-corrected chi connectivity index (χ3v) is 0. The predicted molar refractivity (Wildman–Crippen MR) is 16.1 cm³/mol. The number of alkyl halides is 1. The van der Waals surface area contributed by atoms with Gasteiger partial charge in [-0.15, -0.1) is 5.88 Å². The van der Waals surface area contributed by atoms with E-state index < -0.39 is 0 Å². The maximum atomic E-state index is 4.89. The molecule has 0 aromatic carbocycles. The van der Waals surface area contributed by atoms with E-state index in [2.05, 4.69) is 6.92 Å². The van der Waals surface area contributed by atoms with Gasteiger partial charge in [-0.1, -0.05) is 0 Å². The van der Waals surface area contributed by atoms with Crippen molar-refractivity contribution in [2.45, 2.75) is 0 Å². The molecule has 4 heavy (non-hydrogen) atoms. The Balaban J connectivity index is 0. The van der Waals surface area contributed by atoms with E-state index in [0.717, 1.165) is 0 Å². The minimum absolute atomic E-state index is 0. The van der Waals surface area contributed by atoms with Crippen molar-refractivity contribution in [2.75, 3.05) is 5.88 Å². The summed E-state index contributed by atoms with van der Waals surface area (Å²) < 4.78 is 0. The topological polar surface area (TPSA) is 0 Å². The standard InChI is InChI=1S/C2H4Cl.Zn/c1-2-3;/h1-2H2;/q-1;. The molecular formula is C2H4ClZn-. The van der Waals surface area contributed by atoms with Gasteiger partial charge in [0, 0.05) is 19.5 Å². The molecule has 0 nitrogen and oxygen atoms in total. The van der Waals surface area contributed by atoms with Crippen molar-refractivity contribution in [3.8, 4) is 0 Å². The van der Waals surface area contributed by atoms with E-state index in [1.165, 1.54) is 0 Å². The van der Waals surface area contributed by atoms with Gasteiger partial charge in [0.1, 0.15) is 0 Å². The quantitative estimate of drug-likeness (QED) is 0.260. The minimum atomic E-state index is 0. The molecule has 22 valence electrons. The fraction of sp³-hybridized carbons (Fsp3) is 0.500. The Morgan fingerprint density at radius 3 is 1.75 bits per heavy atom. The van der Waals surface area contributed by atoms with E-state index in [1.54, 1.807) is 0 Å². The molecule has 0 fully saturated rings. The van der Waals surface area contributed by atoms with Gasteiger partial charge in [0.05, 0.1) is 0 Å². The Morgan fingerprint density at radius 2 is 1.75 bits per heavy atom. The van der Waals surface area contributed by atoms with Crippen LogP contribution in [0.1, 0.15) is 0 Å². The summed E-state index contributed by atoms with van der Waals surface area (Å²) in [6, 6.07) is 0. The molecule has 2 heteroatoms. The molecule has 0 aromatic heterocycles. The number of rotatable bonds is 0. The van der Waals surface area contributed by atoms with Gasteiger partial charge in [-0.2, -0.15) is 11.6 Å². The summed E-state index contributed by atoms with van der Waals surface area (Å²) in [4.78, 5) is 0. The largest absolute Gasteiger partial charge is 0.329 e. The molecule has 0 aliphatic rings. The van der Waals surface area contributed by atoms with Gasteiger partial charge in [0.15, 0.2) is 0 Å². The molecule has 0 unspecified atom stereocenters. The van der Waals surface area contributed by atoms with E-state index in [4.69, 9.17) is 11.6 Å². The molecule has 0 aliphatic carbocycles. The van der Waals surface area contributed by atoms with Crippen LogP contribution in [0.2, 0.25) is 0 Å². The third kappa shape index (κ3) is 12.8. The van der Waals surface area contributed by atoms with E-state index >= 15 is 0 Å². The molecule has 0 aromatic rings. The van der Waals surface area contributed by atoms with Gasteiger partial charge in [-0.05, 0) is 0 Å². The Labute approximate surface area is 44.3 Å². The molecule has 0 radical (unpaired) electrons. The molecule has 0 saturated carbocycles. The Morgan fingerprint density at radius 1 is 1.75 bits per heavy atom. The van der Waals surface area contributed by atoms with E-state index in [-0.39, 0.29) is 19.5 Å². The molecule has 0 spiro atoms. The fourth-order valence-electron chi connectivity index (χ4n) is 0. The van der Waals surface area contributed by atoms with Crippen LogP contribution in [0.15, 0.2) is 0 Å². The van der Waals surface area contributed by atoms with Crippen LogP contribution in [0.25, 0.3) is 0 Å². The summed E-state index contributed by atoms with van der Waals surface area (Å²) in [7, 11) is 0. The number of hydrogen-bond donors (Lipinski definition) is 0. The third-order valence-electron chi connectivity index (χ3n) is 0. The summed E-state index contributed by atoms with van der Waals surface area (Å²) in [5.74, 6) is 0.472. The van der Waals surface area contributed by atoms with Gasteiger partial charge in [-0.3, -0.25) is 0 Å². The minimum Gasteiger partial charge on any atom is -0.329 e. The first-order chi connectivity index (χ1) is 1.41. The van der Waals surface area contributed by atoms with Crippen LogP contribution in [0.3, 0.4) is 0 Å². The smallest absolute Gasteiger partial charge is 0 e. The van der Waals surface area contributed by atoms with Crippen molar-refractivity contribution >= 4 is 11.6 Å². The second-order valence-electron chi connectivity index (χ2n) is 0.189. The Bertz CT molecular complexity index is 6.00. The van der Waals surface area contributed by atoms with Gasteiger partial charge in [-0.25, -0.2) is 0 Å². The molecule has 0 atom stereocenters. The average Bonchev–Trinajstić information content (AvgIpc) is 0.918. The van der Waals surface area contributed by atoms with Crippen LogP contribution in [0.5, 0.6) is 0 Å². The normalized spacial score (nSPS) is 4.50. The first kappa shape index (κ1) is 8.87. The maximum Gasteiger partial charge on any atom is 0 e. The fourth-order valence-corrected chi connectivity index (χ4v) is 0. The average molecular weight is 129 g/mol. The summed E-state index contributed by atoms with van der Waals surface area (Å²) in [6.45, 7) is 3.25. The summed E-state index contributed by atoms with van der Waals surface area (Å²) in [5, 5.41) is 0. The molecule has 0 N–H and O–H groups in total. The van der Waals surface area contributed by atoms with Gasteiger partial charge >= 0.3 is 0 Å². The van der Waals surface area contributed by atoms with E-state index in [0.29, 0.717) is 5.88 Å². The van der Waals surface area contributed by atoms with Gasteiger partial charge < -0.3 is 6.92 Å². The van der Waals surface area contributed by atoms with Gasteiger partial charge in [0.2, 0.25) is 0 Å². The number of halogens is 1. The zero-order chi connectivity index (χ0) is 2.71. The molecular weight excluding hydrogens is 125 g/mol. The SMILES string of the molecule is [CH2-]CCl.[Zn]. The number of hydrogen-bond acceptors (Lipinski definition) is 0. The van der Waals surface area contributed by atoms with Crippen molar-refractivity contribution in [1.29, 1.82) is 0 Å². The van der Waals surface area contributed by atoms with Crippen LogP contribution >= 0.6 is 11.6 Å². The predicted octanol–water partition coefficient (Wildman–Crippen LogP) is 1.06. The van der Waals surface area contributed by atoms with Gasteiger partial charge in [0.25, 0.3) is 0 Å². The van der Waals surface area contributed by atoms with Crippen molar-refractivity contribution in [2.24, 2.45) is 0 Å². The van der Waals surface area contributed by atoms with Crippen molar-refractivity contribution in [1.82, 2.24) is 0 Å². The first-order valence-electron chi connectivity index (χ1n) is 0.767. The van der Waals surface area contributed by atoms with Crippen LogP contribution in [0, 0.1) is 6.92 Å². The Kier molecular flexibility index (Phi) is 20.1. The molecule has 0 saturated heterocycles. The monoisotopic (exact) mass is 127 g/mol. The van der Waals surface area contributed by atoms with Crippen LogP contribution in [-0.4, -0.2) is 5.88 Å². The molecule has 0 bridgehead atoms. The van der Waals surface area contributed by atoms with E-state index in [9.17, 15) is 0 Å². The van der Waals surface area contributed by atoms with Crippen molar-refractivity contribution in [3.05, 3.63) is 6.92 Å². The van der Waals surface area contributed by atoms with Crippen LogP contribution < -0.4 is 0 Å². The van der Waals surface area contributed by atoms with E-state index in [1.807, 2.05) is 0 Å². The molecule has 0 aliphatic heterocycles. The summed E-state index contributed by atoms with van der Waals surface area (Å²) in [6.07, 6.45) is 0. The van der Waals surface area contributed by atoms with Crippen molar-refractivity contribution in [3.63, 3.8) is 0 Å².